The second-order valence-electron chi connectivity index (χ2n) is 7.20. The van der Waals surface area contributed by atoms with Crippen LogP contribution in [0.5, 0.6) is 0 Å². The second-order valence-corrected chi connectivity index (χ2v) is 7.20. The molecule has 4 rings (SSSR count). The average Bonchev–Trinajstić information content (AvgIpc) is 3.13. The van der Waals surface area contributed by atoms with Crippen molar-refractivity contribution >= 4 is 17.5 Å². The van der Waals surface area contributed by atoms with Crippen molar-refractivity contribution in [3.8, 4) is 0 Å². The van der Waals surface area contributed by atoms with E-state index >= 15 is 0 Å². The lowest BCUT2D eigenvalue weighted by Gasteiger charge is -2.17. The zero-order chi connectivity index (χ0) is 20.2. The number of nitrogens with one attached hydrogen (secondary N) is 2. The van der Waals surface area contributed by atoms with Crippen LogP contribution in [0.3, 0.4) is 0 Å². The van der Waals surface area contributed by atoms with Gasteiger partial charge in [0.25, 0.3) is 11.8 Å². The number of pyridine rings is 1. The van der Waals surface area contributed by atoms with Crippen molar-refractivity contribution in [1.82, 2.24) is 19.9 Å². The number of anilines is 1. The molecule has 29 heavy (non-hydrogen) atoms. The highest BCUT2D eigenvalue weighted by molar-refractivity contribution is 6.03. The van der Waals surface area contributed by atoms with Crippen LogP contribution in [0.1, 0.15) is 50.8 Å². The molecule has 0 fully saturated rings. The van der Waals surface area contributed by atoms with Crippen molar-refractivity contribution in [3.05, 3.63) is 77.1 Å². The van der Waals surface area contributed by atoms with E-state index in [9.17, 15) is 9.59 Å². The Morgan fingerprint density at radius 2 is 1.93 bits per heavy atom. The van der Waals surface area contributed by atoms with Crippen LogP contribution in [0.2, 0.25) is 0 Å². The number of benzene rings is 1. The molecule has 2 N–H and O–H groups in total. The zero-order valence-corrected chi connectivity index (χ0v) is 16.3. The van der Waals surface area contributed by atoms with Gasteiger partial charge in [0.05, 0.1) is 5.69 Å². The lowest BCUT2D eigenvalue weighted by Crippen LogP contribution is -2.25. The molecule has 3 aromatic rings. The van der Waals surface area contributed by atoms with Crippen molar-refractivity contribution in [2.75, 3.05) is 5.32 Å². The monoisotopic (exact) mass is 389 g/mol. The van der Waals surface area contributed by atoms with Crippen molar-refractivity contribution in [1.29, 1.82) is 0 Å². The predicted octanol–water partition coefficient (Wildman–Crippen LogP) is 3.11. The third-order valence-corrected chi connectivity index (χ3v) is 5.01. The van der Waals surface area contributed by atoms with Crippen LogP contribution >= 0.6 is 0 Å². The fraction of sp³-hybridized carbons (Fsp3) is 0.273. The molecule has 0 saturated carbocycles. The van der Waals surface area contributed by atoms with E-state index < -0.39 is 0 Å². The van der Waals surface area contributed by atoms with Crippen LogP contribution in [0.4, 0.5) is 5.69 Å². The highest BCUT2D eigenvalue weighted by Crippen LogP contribution is 2.22. The SMILES string of the molecule is Cc1cccc(NC(=O)c2nc(C(=O)NCc3ccncc3)c3n2CCCC3)c1. The molecule has 1 aliphatic heterocycles. The van der Waals surface area contributed by atoms with Crippen LogP contribution in [-0.2, 0) is 19.5 Å². The minimum absolute atomic E-state index is 0.262. The molecule has 0 unspecified atom stereocenters. The van der Waals surface area contributed by atoms with Gasteiger partial charge in [0.15, 0.2) is 5.82 Å². The Balaban J connectivity index is 1.56. The Labute approximate surface area is 169 Å². The number of carbonyl (C=O) groups excluding carboxylic acids is 2. The molecular weight excluding hydrogens is 366 g/mol. The number of hydrogen-bond acceptors (Lipinski definition) is 4. The zero-order valence-electron chi connectivity index (χ0n) is 16.3. The van der Waals surface area contributed by atoms with Gasteiger partial charge in [-0.15, -0.1) is 0 Å². The van der Waals surface area contributed by atoms with Gasteiger partial charge in [0, 0.05) is 31.2 Å². The molecule has 1 aromatic carbocycles. The van der Waals surface area contributed by atoms with Crippen molar-refractivity contribution < 1.29 is 9.59 Å². The highest BCUT2D eigenvalue weighted by Gasteiger charge is 2.27. The number of rotatable bonds is 5. The summed E-state index contributed by atoms with van der Waals surface area (Å²) in [6.45, 7) is 3.05. The maximum absolute atomic E-state index is 12.9. The molecular formula is C22H23N5O2. The first kappa shape index (κ1) is 18.9. The number of hydrogen-bond donors (Lipinski definition) is 2. The van der Waals surface area contributed by atoms with Gasteiger partial charge in [-0.2, -0.15) is 0 Å². The van der Waals surface area contributed by atoms with Crippen molar-refractivity contribution in [2.45, 2.75) is 39.3 Å². The quantitative estimate of drug-likeness (QED) is 0.702. The first-order valence-electron chi connectivity index (χ1n) is 9.76. The van der Waals surface area contributed by atoms with E-state index in [1.807, 2.05) is 47.9 Å². The minimum atomic E-state index is -0.299. The third-order valence-electron chi connectivity index (χ3n) is 5.01. The van der Waals surface area contributed by atoms with E-state index in [0.29, 0.717) is 24.5 Å². The van der Waals surface area contributed by atoms with Gasteiger partial charge in [-0.05, 0) is 61.6 Å². The molecule has 0 bridgehead atoms. The first-order chi connectivity index (χ1) is 14.1. The summed E-state index contributed by atoms with van der Waals surface area (Å²) < 4.78 is 1.88. The lowest BCUT2D eigenvalue weighted by molar-refractivity contribution is 0.0945. The number of fused-ring (bicyclic) bond motifs is 1. The van der Waals surface area contributed by atoms with E-state index in [4.69, 9.17) is 0 Å². The molecule has 148 valence electrons. The maximum atomic E-state index is 12.9. The summed E-state index contributed by atoms with van der Waals surface area (Å²) in [5, 5.41) is 5.80. The summed E-state index contributed by atoms with van der Waals surface area (Å²) in [7, 11) is 0. The molecule has 0 saturated heterocycles. The molecule has 0 radical (unpaired) electrons. The number of imidazole rings is 1. The molecule has 7 nitrogen and oxygen atoms in total. The summed E-state index contributed by atoms with van der Waals surface area (Å²) >= 11 is 0. The van der Waals surface area contributed by atoms with Gasteiger partial charge >= 0.3 is 0 Å². The van der Waals surface area contributed by atoms with Gasteiger partial charge in [-0.1, -0.05) is 12.1 Å². The van der Waals surface area contributed by atoms with Gasteiger partial charge < -0.3 is 15.2 Å². The summed E-state index contributed by atoms with van der Waals surface area (Å²) in [4.78, 5) is 34.1. The Bertz CT molecular complexity index is 1040. The van der Waals surface area contributed by atoms with Crippen LogP contribution in [-0.4, -0.2) is 26.3 Å². The van der Waals surface area contributed by atoms with Crippen molar-refractivity contribution in [2.24, 2.45) is 0 Å². The average molecular weight is 389 g/mol. The van der Waals surface area contributed by atoms with Crippen molar-refractivity contribution in [3.63, 3.8) is 0 Å². The molecule has 7 heteroatoms. The second kappa shape index (κ2) is 8.26. The van der Waals surface area contributed by atoms with Crippen LogP contribution in [0.15, 0.2) is 48.8 Å². The van der Waals surface area contributed by atoms with Crippen LogP contribution < -0.4 is 10.6 Å². The fourth-order valence-corrected chi connectivity index (χ4v) is 3.57. The van der Waals surface area contributed by atoms with E-state index in [2.05, 4.69) is 20.6 Å². The van der Waals surface area contributed by atoms with Gasteiger partial charge in [0.2, 0.25) is 0 Å². The summed E-state index contributed by atoms with van der Waals surface area (Å²) in [5.74, 6) is -0.274. The first-order valence-corrected chi connectivity index (χ1v) is 9.76. The Morgan fingerprint density at radius 3 is 2.72 bits per heavy atom. The van der Waals surface area contributed by atoms with Gasteiger partial charge in [-0.25, -0.2) is 4.98 Å². The summed E-state index contributed by atoms with van der Waals surface area (Å²) in [6.07, 6.45) is 6.06. The molecule has 3 heterocycles. The topological polar surface area (TPSA) is 88.9 Å². The summed E-state index contributed by atoms with van der Waals surface area (Å²) in [6, 6.07) is 11.3. The summed E-state index contributed by atoms with van der Waals surface area (Å²) in [5.41, 5.74) is 3.90. The van der Waals surface area contributed by atoms with E-state index in [1.54, 1.807) is 12.4 Å². The molecule has 2 amide bonds. The number of amides is 2. The number of nitrogens with zero attached hydrogens (tertiary/aromatic N) is 3. The standard InChI is InChI=1S/C22H23N5O2/c1-15-5-4-6-17(13-15)25-22(29)20-26-19(18-7-2-3-12-27(18)20)21(28)24-14-16-8-10-23-11-9-16/h4-6,8-11,13H,2-3,7,12,14H2,1H3,(H,24,28)(H,25,29). The van der Waals surface area contributed by atoms with E-state index in [-0.39, 0.29) is 17.6 Å². The van der Waals surface area contributed by atoms with Gasteiger partial charge in [0.1, 0.15) is 5.69 Å². The Kier molecular flexibility index (Phi) is 5.37. The number of aromatic nitrogens is 3. The van der Waals surface area contributed by atoms with E-state index in [1.165, 1.54) is 0 Å². The Hall–Kier alpha value is -3.48. The fourth-order valence-electron chi connectivity index (χ4n) is 3.57. The highest BCUT2D eigenvalue weighted by atomic mass is 16.2. The van der Waals surface area contributed by atoms with Crippen LogP contribution in [0.25, 0.3) is 0 Å². The van der Waals surface area contributed by atoms with Gasteiger partial charge in [-0.3, -0.25) is 14.6 Å². The molecule has 1 aliphatic rings. The number of carbonyl (C=O) groups is 2. The molecule has 0 aliphatic carbocycles. The molecule has 2 aromatic heterocycles. The maximum Gasteiger partial charge on any atom is 0.291 e. The Morgan fingerprint density at radius 1 is 1.10 bits per heavy atom. The number of aryl methyl sites for hydroxylation is 1. The minimum Gasteiger partial charge on any atom is -0.347 e. The van der Waals surface area contributed by atoms with E-state index in [0.717, 1.165) is 36.1 Å². The predicted molar refractivity (Wildman–Crippen MR) is 110 cm³/mol. The largest absolute Gasteiger partial charge is 0.347 e. The van der Waals surface area contributed by atoms with Crippen LogP contribution in [0, 0.1) is 6.92 Å². The smallest absolute Gasteiger partial charge is 0.291 e. The lowest BCUT2D eigenvalue weighted by atomic mass is 10.1. The normalized spacial score (nSPS) is 12.9. The molecule has 0 spiro atoms. The molecule has 0 atom stereocenters. The third kappa shape index (κ3) is 4.18.